The van der Waals surface area contributed by atoms with E-state index < -0.39 is 0 Å². The van der Waals surface area contributed by atoms with Gasteiger partial charge in [-0.3, -0.25) is 9.59 Å². The van der Waals surface area contributed by atoms with Crippen molar-refractivity contribution in [1.29, 1.82) is 0 Å². The Hall–Kier alpha value is -2.98. The van der Waals surface area contributed by atoms with Crippen molar-refractivity contribution in [2.45, 2.75) is 0 Å². The van der Waals surface area contributed by atoms with Crippen LogP contribution in [-0.2, 0) is 0 Å². The van der Waals surface area contributed by atoms with Crippen LogP contribution in [-0.4, -0.2) is 16.6 Å². The van der Waals surface area contributed by atoms with Gasteiger partial charge in [0, 0.05) is 33.8 Å². The Morgan fingerprint density at radius 3 is 2.38 bits per heavy atom. The van der Waals surface area contributed by atoms with Crippen LogP contribution in [0.3, 0.4) is 0 Å². The first-order valence-corrected chi connectivity index (χ1v) is 7.69. The predicted octanol–water partition coefficient (Wildman–Crippen LogP) is 3.59. The molecule has 0 saturated heterocycles. The fourth-order valence-electron chi connectivity index (χ4n) is 3.17. The highest BCUT2D eigenvalue weighted by atomic mass is 35.5. The Balaban J connectivity index is 2.18. The SMILES string of the molecule is N/C=C/c1c2c(cc3c(Cl)nccc13)C(=O)c1ccccc1C2=O. The van der Waals surface area contributed by atoms with E-state index in [0.717, 1.165) is 5.39 Å². The van der Waals surface area contributed by atoms with Gasteiger partial charge in [0.2, 0.25) is 0 Å². The summed E-state index contributed by atoms with van der Waals surface area (Å²) in [6.07, 6.45) is 4.53. The topological polar surface area (TPSA) is 73.0 Å². The monoisotopic (exact) mass is 334 g/mol. The second kappa shape index (κ2) is 5.28. The molecule has 1 aliphatic rings. The summed E-state index contributed by atoms with van der Waals surface area (Å²) in [5.74, 6) is -0.392. The maximum Gasteiger partial charge on any atom is 0.195 e. The van der Waals surface area contributed by atoms with Crippen molar-refractivity contribution >= 4 is 40.0 Å². The number of carbonyl (C=O) groups excluding carboxylic acids is 2. The molecule has 0 unspecified atom stereocenters. The van der Waals surface area contributed by atoms with E-state index in [1.165, 1.54) is 6.20 Å². The second-order valence-corrected chi connectivity index (χ2v) is 5.83. The van der Waals surface area contributed by atoms with Crippen LogP contribution in [0.1, 0.15) is 37.4 Å². The number of benzene rings is 2. The van der Waals surface area contributed by atoms with E-state index in [1.807, 2.05) is 0 Å². The second-order valence-electron chi connectivity index (χ2n) is 5.47. The van der Waals surface area contributed by atoms with Crippen LogP contribution in [0, 0.1) is 0 Å². The molecule has 0 spiro atoms. The molecule has 1 aliphatic carbocycles. The van der Waals surface area contributed by atoms with Crippen LogP contribution in [0.15, 0.2) is 48.8 Å². The maximum atomic E-state index is 13.0. The summed E-state index contributed by atoms with van der Waals surface area (Å²) in [7, 11) is 0. The maximum absolute atomic E-state index is 13.0. The number of fused-ring (bicyclic) bond motifs is 3. The van der Waals surface area contributed by atoms with Crippen molar-refractivity contribution in [1.82, 2.24) is 4.98 Å². The summed E-state index contributed by atoms with van der Waals surface area (Å²) >= 11 is 6.19. The summed E-state index contributed by atoms with van der Waals surface area (Å²) in [6.45, 7) is 0. The molecule has 0 amide bonds. The molecule has 0 saturated carbocycles. The first-order valence-electron chi connectivity index (χ1n) is 7.31. The van der Waals surface area contributed by atoms with Crippen molar-refractivity contribution in [2.24, 2.45) is 5.73 Å². The number of aromatic nitrogens is 1. The summed E-state index contributed by atoms with van der Waals surface area (Å²) in [6, 6.07) is 10.2. The third kappa shape index (κ3) is 1.90. The minimum absolute atomic E-state index is 0.192. The van der Waals surface area contributed by atoms with Gasteiger partial charge in [0.05, 0.1) is 0 Å². The zero-order chi connectivity index (χ0) is 16.8. The lowest BCUT2D eigenvalue weighted by molar-refractivity contribution is 0.0979. The zero-order valence-electron chi connectivity index (χ0n) is 12.4. The average Bonchev–Trinajstić information content (AvgIpc) is 2.60. The van der Waals surface area contributed by atoms with E-state index in [2.05, 4.69) is 4.98 Å². The number of nitrogens with two attached hydrogens (primary N) is 1. The highest BCUT2D eigenvalue weighted by molar-refractivity contribution is 6.36. The van der Waals surface area contributed by atoms with Gasteiger partial charge >= 0.3 is 0 Å². The Morgan fingerprint density at radius 1 is 0.958 bits per heavy atom. The number of hydrogen-bond acceptors (Lipinski definition) is 4. The normalized spacial score (nSPS) is 13.4. The zero-order valence-corrected chi connectivity index (χ0v) is 13.2. The molecule has 5 heteroatoms. The Morgan fingerprint density at radius 2 is 1.67 bits per heavy atom. The molecule has 0 atom stereocenters. The van der Waals surface area contributed by atoms with Crippen LogP contribution in [0.5, 0.6) is 0 Å². The highest BCUT2D eigenvalue weighted by Gasteiger charge is 2.32. The molecular weight excluding hydrogens is 324 g/mol. The molecule has 3 aromatic rings. The van der Waals surface area contributed by atoms with Crippen LogP contribution < -0.4 is 5.73 Å². The van der Waals surface area contributed by atoms with Gasteiger partial charge in [0.25, 0.3) is 0 Å². The summed E-state index contributed by atoms with van der Waals surface area (Å²) in [5, 5.41) is 1.63. The fraction of sp³-hybridized carbons (Fsp3) is 0. The van der Waals surface area contributed by atoms with Gasteiger partial charge in [-0.2, -0.15) is 0 Å². The van der Waals surface area contributed by atoms with Gasteiger partial charge in [-0.15, -0.1) is 0 Å². The quantitative estimate of drug-likeness (QED) is 0.540. The fourth-order valence-corrected chi connectivity index (χ4v) is 3.38. The van der Waals surface area contributed by atoms with Gasteiger partial charge < -0.3 is 5.73 Å². The number of carbonyl (C=O) groups is 2. The Bertz CT molecular complexity index is 1070. The lowest BCUT2D eigenvalue weighted by atomic mass is 9.80. The van der Waals surface area contributed by atoms with E-state index in [0.29, 0.717) is 33.2 Å². The standard InChI is InChI=1S/C19H11ClN2O2/c20-19-14-9-15-16(11(5-7-21)10(14)6-8-22-19)18(24)13-4-2-1-3-12(13)17(15)23/h1-9H,21H2/b7-5+. The lowest BCUT2D eigenvalue weighted by Crippen LogP contribution is -2.22. The number of hydrogen-bond donors (Lipinski definition) is 1. The first kappa shape index (κ1) is 14.6. The van der Waals surface area contributed by atoms with Crippen molar-refractivity contribution < 1.29 is 9.59 Å². The average molecular weight is 335 g/mol. The molecule has 0 aliphatic heterocycles. The van der Waals surface area contributed by atoms with Crippen LogP contribution >= 0.6 is 11.6 Å². The molecule has 0 fully saturated rings. The van der Waals surface area contributed by atoms with Crippen molar-refractivity contribution in [3.63, 3.8) is 0 Å². The third-order valence-corrected chi connectivity index (χ3v) is 4.51. The number of halogens is 1. The smallest absolute Gasteiger partial charge is 0.195 e. The molecule has 4 nitrogen and oxygen atoms in total. The molecular formula is C19H11ClN2O2. The van der Waals surface area contributed by atoms with Gasteiger partial charge in [-0.1, -0.05) is 35.9 Å². The largest absolute Gasteiger partial charge is 0.405 e. The Labute approximate surface area is 142 Å². The molecule has 0 bridgehead atoms. The van der Waals surface area contributed by atoms with Gasteiger partial charge in [-0.05, 0) is 35.4 Å². The number of pyridine rings is 1. The number of rotatable bonds is 1. The Kier molecular flexibility index (Phi) is 3.22. The predicted molar refractivity (Wildman–Crippen MR) is 93.3 cm³/mol. The number of ketones is 2. The summed E-state index contributed by atoms with van der Waals surface area (Å²) in [4.78, 5) is 30.0. The lowest BCUT2D eigenvalue weighted by Gasteiger charge is -2.21. The van der Waals surface area contributed by atoms with Gasteiger partial charge in [0.1, 0.15) is 5.15 Å². The molecule has 2 aromatic carbocycles. The van der Waals surface area contributed by atoms with E-state index in [4.69, 9.17) is 17.3 Å². The molecule has 0 radical (unpaired) electrons. The third-order valence-electron chi connectivity index (χ3n) is 4.21. The number of nitrogens with zero attached hydrogens (tertiary/aromatic N) is 1. The molecule has 116 valence electrons. The molecule has 24 heavy (non-hydrogen) atoms. The van der Waals surface area contributed by atoms with E-state index >= 15 is 0 Å². The minimum atomic E-state index is -0.200. The van der Waals surface area contributed by atoms with Crippen LogP contribution in [0.4, 0.5) is 0 Å². The van der Waals surface area contributed by atoms with E-state index in [1.54, 1.807) is 48.7 Å². The van der Waals surface area contributed by atoms with Crippen molar-refractivity contribution in [3.05, 3.63) is 81.8 Å². The molecule has 2 N–H and O–H groups in total. The van der Waals surface area contributed by atoms with Crippen LogP contribution in [0.25, 0.3) is 16.8 Å². The van der Waals surface area contributed by atoms with Crippen molar-refractivity contribution in [3.8, 4) is 0 Å². The molecule has 1 heterocycles. The first-order chi connectivity index (χ1) is 11.6. The van der Waals surface area contributed by atoms with Gasteiger partial charge in [-0.25, -0.2) is 4.98 Å². The van der Waals surface area contributed by atoms with Crippen LogP contribution in [0.2, 0.25) is 5.15 Å². The van der Waals surface area contributed by atoms with E-state index in [9.17, 15) is 9.59 Å². The minimum Gasteiger partial charge on any atom is -0.405 e. The summed E-state index contributed by atoms with van der Waals surface area (Å²) < 4.78 is 0. The molecule has 1 aromatic heterocycles. The van der Waals surface area contributed by atoms with Gasteiger partial charge in [0.15, 0.2) is 11.6 Å². The molecule has 4 rings (SSSR count). The van der Waals surface area contributed by atoms with E-state index in [-0.39, 0.29) is 16.7 Å². The summed E-state index contributed by atoms with van der Waals surface area (Å²) in [5.41, 5.74) is 7.65. The highest BCUT2D eigenvalue weighted by Crippen LogP contribution is 2.36. The van der Waals surface area contributed by atoms with Crippen molar-refractivity contribution in [2.75, 3.05) is 0 Å².